The molecule has 18 heavy (non-hydrogen) atoms. The first-order valence-corrected chi connectivity index (χ1v) is 5.65. The molecule has 1 aliphatic heterocycles. The van der Waals surface area contributed by atoms with Crippen LogP contribution in [0.1, 0.15) is 11.1 Å². The van der Waals surface area contributed by atoms with Gasteiger partial charge in [-0.25, -0.2) is 4.39 Å². The monoisotopic (exact) mass is 245 g/mol. The predicted molar refractivity (Wildman–Crippen MR) is 61.7 cm³/mol. The molecule has 0 radical (unpaired) electrons. The number of halogens is 1. The normalized spacial score (nSPS) is 20.1. The van der Waals surface area contributed by atoms with Crippen molar-refractivity contribution in [3.8, 4) is 12.1 Å². The van der Waals surface area contributed by atoms with Crippen molar-refractivity contribution < 1.29 is 9.13 Å². The minimum Gasteiger partial charge on any atom is -0.361 e. The summed E-state index contributed by atoms with van der Waals surface area (Å²) in [5, 5.41) is 17.6. The van der Waals surface area contributed by atoms with Gasteiger partial charge in [-0.05, 0) is 17.7 Å². The highest BCUT2D eigenvalue weighted by atomic mass is 19.1. The summed E-state index contributed by atoms with van der Waals surface area (Å²) in [6.45, 7) is 2.38. The Balaban J connectivity index is 2.06. The summed E-state index contributed by atoms with van der Waals surface area (Å²) >= 11 is 0. The first-order chi connectivity index (χ1) is 8.72. The minimum absolute atomic E-state index is 0.0533. The predicted octanol–water partition coefficient (Wildman–Crippen LogP) is 1.42. The molecule has 1 fully saturated rings. The molecule has 0 aliphatic carbocycles. The van der Waals surface area contributed by atoms with Crippen molar-refractivity contribution in [2.24, 2.45) is 0 Å². The van der Waals surface area contributed by atoms with E-state index in [9.17, 15) is 4.39 Å². The summed E-state index contributed by atoms with van der Waals surface area (Å²) in [6, 6.07) is 8.41. The van der Waals surface area contributed by atoms with Crippen LogP contribution in [0.25, 0.3) is 0 Å². The van der Waals surface area contributed by atoms with Crippen LogP contribution in [0.3, 0.4) is 0 Å². The quantitative estimate of drug-likeness (QED) is 0.790. The average molecular weight is 245 g/mol. The number of ether oxygens (including phenoxy) is 1. The average Bonchev–Trinajstić information content (AvgIpc) is 2.41. The zero-order valence-corrected chi connectivity index (χ0v) is 9.77. The molecule has 0 amide bonds. The van der Waals surface area contributed by atoms with E-state index in [1.807, 2.05) is 6.07 Å². The van der Waals surface area contributed by atoms with Crippen molar-refractivity contribution in [2.75, 3.05) is 19.7 Å². The van der Waals surface area contributed by atoms with Crippen LogP contribution in [-0.4, -0.2) is 30.7 Å². The van der Waals surface area contributed by atoms with Gasteiger partial charge in [0, 0.05) is 19.6 Å². The molecule has 0 spiro atoms. The molecule has 1 unspecified atom stereocenters. The number of hydrogen-bond acceptors (Lipinski definition) is 4. The van der Waals surface area contributed by atoms with Crippen molar-refractivity contribution in [2.45, 2.75) is 12.6 Å². The van der Waals surface area contributed by atoms with Gasteiger partial charge in [0.15, 0.2) is 6.10 Å². The molecule has 1 aromatic carbocycles. The van der Waals surface area contributed by atoms with E-state index < -0.39 is 11.9 Å². The molecular formula is C13H12FN3O. The van der Waals surface area contributed by atoms with Crippen LogP contribution in [0, 0.1) is 28.5 Å². The van der Waals surface area contributed by atoms with Gasteiger partial charge >= 0.3 is 0 Å². The van der Waals surface area contributed by atoms with Gasteiger partial charge in [0.25, 0.3) is 0 Å². The minimum atomic E-state index is -0.502. The number of morpholine rings is 1. The van der Waals surface area contributed by atoms with E-state index in [-0.39, 0.29) is 5.56 Å². The number of nitrogens with zero attached hydrogens (tertiary/aromatic N) is 3. The zero-order valence-electron chi connectivity index (χ0n) is 9.77. The highest BCUT2D eigenvalue weighted by molar-refractivity contribution is 5.34. The summed E-state index contributed by atoms with van der Waals surface area (Å²) in [7, 11) is 0. The maximum Gasteiger partial charge on any atom is 0.156 e. The van der Waals surface area contributed by atoms with Gasteiger partial charge in [-0.3, -0.25) is 4.90 Å². The first kappa shape index (κ1) is 12.5. The lowest BCUT2D eigenvalue weighted by molar-refractivity contribution is -0.00270. The maximum atomic E-state index is 13.2. The van der Waals surface area contributed by atoms with Gasteiger partial charge in [-0.1, -0.05) is 6.07 Å². The molecule has 92 valence electrons. The fourth-order valence-electron chi connectivity index (χ4n) is 1.94. The van der Waals surface area contributed by atoms with Gasteiger partial charge in [0.1, 0.15) is 11.9 Å². The largest absolute Gasteiger partial charge is 0.361 e. The van der Waals surface area contributed by atoms with E-state index in [2.05, 4.69) is 11.0 Å². The van der Waals surface area contributed by atoms with Crippen molar-refractivity contribution in [1.29, 1.82) is 10.5 Å². The van der Waals surface area contributed by atoms with Crippen molar-refractivity contribution >= 4 is 0 Å². The highest BCUT2D eigenvalue weighted by Crippen LogP contribution is 2.13. The van der Waals surface area contributed by atoms with Crippen molar-refractivity contribution in [3.63, 3.8) is 0 Å². The molecule has 1 aliphatic rings. The van der Waals surface area contributed by atoms with Crippen LogP contribution in [0.4, 0.5) is 4.39 Å². The van der Waals surface area contributed by atoms with Crippen LogP contribution in [0.15, 0.2) is 18.2 Å². The van der Waals surface area contributed by atoms with Crippen LogP contribution in [-0.2, 0) is 11.3 Å². The number of benzene rings is 1. The molecule has 4 nitrogen and oxygen atoms in total. The third-order valence-electron chi connectivity index (χ3n) is 2.85. The van der Waals surface area contributed by atoms with Gasteiger partial charge < -0.3 is 4.74 Å². The third-order valence-corrected chi connectivity index (χ3v) is 2.85. The lowest BCUT2D eigenvalue weighted by atomic mass is 10.1. The van der Waals surface area contributed by atoms with Crippen LogP contribution >= 0.6 is 0 Å². The molecule has 2 rings (SSSR count). The van der Waals surface area contributed by atoms with Crippen LogP contribution < -0.4 is 0 Å². The molecule has 0 N–H and O–H groups in total. The molecule has 5 heteroatoms. The fraction of sp³-hybridized carbons (Fsp3) is 0.385. The van der Waals surface area contributed by atoms with Gasteiger partial charge in [0.05, 0.1) is 18.2 Å². The van der Waals surface area contributed by atoms with E-state index >= 15 is 0 Å². The highest BCUT2D eigenvalue weighted by Gasteiger charge is 2.20. The van der Waals surface area contributed by atoms with Crippen LogP contribution in [0.2, 0.25) is 0 Å². The Hall–Kier alpha value is -1.95. The Morgan fingerprint density at radius 3 is 3.00 bits per heavy atom. The standard InChI is InChI=1S/C13H12FN3O/c14-13-2-1-10(5-11(13)6-15)8-17-3-4-18-12(7-16)9-17/h1-2,5,12H,3-4,8-9H2. The van der Waals surface area contributed by atoms with Gasteiger partial charge in [-0.2, -0.15) is 10.5 Å². The summed E-state index contributed by atoms with van der Waals surface area (Å²) in [5.41, 5.74) is 0.920. The zero-order chi connectivity index (χ0) is 13.0. The molecule has 0 bridgehead atoms. The molecule has 1 heterocycles. The molecule has 0 aromatic heterocycles. The number of hydrogen-bond donors (Lipinski definition) is 0. The van der Waals surface area contributed by atoms with E-state index in [1.165, 1.54) is 6.07 Å². The lowest BCUT2D eigenvalue weighted by Crippen LogP contribution is -2.41. The molecule has 0 saturated carbocycles. The van der Waals surface area contributed by atoms with E-state index in [4.69, 9.17) is 15.3 Å². The molecular weight excluding hydrogens is 233 g/mol. The summed E-state index contributed by atoms with van der Waals surface area (Å²) in [5.74, 6) is -0.502. The number of nitriles is 2. The van der Waals surface area contributed by atoms with E-state index in [0.29, 0.717) is 19.7 Å². The second-order valence-corrected chi connectivity index (χ2v) is 4.15. The third kappa shape index (κ3) is 2.84. The van der Waals surface area contributed by atoms with Crippen molar-refractivity contribution in [3.05, 3.63) is 35.1 Å². The second kappa shape index (κ2) is 5.59. The summed E-state index contributed by atoms with van der Waals surface area (Å²) in [6.07, 6.45) is -0.408. The van der Waals surface area contributed by atoms with Crippen LogP contribution in [0.5, 0.6) is 0 Å². The molecule has 1 atom stereocenters. The second-order valence-electron chi connectivity index (χ2n) is 4.15. The fourth-order valence-corrected chi connectivity index (χ4v) is 1.94. The lowest BCUT2D eigenvalue weighted by Gasteiger charge is -2.29. The molecule has 1 saturated heterocycles. The topological polar surface area (TPSA) is 60.1 Å². The molecule has 1 aromatic rings. The maximum absolute atomic E-state index is 13.2. The Morgan fingerprint density at radius 1 is 1.44 bits per heavy atom. The van der Waals surface area contributed by atoms with Crippen molar-refractivity contribution in [1.82, 2.24) is 4.90 Å². The summed E-state index contributed by atoms with van der Waals surface area (Å²) in [4.78, 5) is 2.06. The first-order valence-electron chi connectivity index (χ1n) is 5.65. The Kier molecular flexibility index (Phi) is 3.88. The van der Waals surface area contributed by atoms with E-state index in [0.717, 1.165) is 12.1 Å². The summed E-state index contributed by atoms with van der Waals surface area (Å²) < 4.78 is 18.4. The van der Waals surface area contributed by atoms with Gasteiger partial charge in [0.2, 0.25) is 0 Å². The SMILES string of the molecule is N#Cc1cc(CN2CCOC(C#N)C2)ccc1F. The Labute approximate surface area is 105 Å². The van der Waals surface area contributed by atoms with Gasteiger partial charge in [-0.15, -0.1) is 0 Å². The number of rotatable bonds is 2. The Morgan fingerprint density at radius 2 is 2.28 bits per heavy atom. The smallest absolute Gasteiger partial charge is 0.156 e. The van der Waals surface area contributed by atoms with E-state index in [1.54, 1.807) is 12.1 Å². The Bertz CT molecular complexity index is 518.